The molecule has 1 fully saturated rings. The molecular formula is C13H16F3NO. The molecule has 100 valence electrons. The Morgan fingerprint density at radius 3 is 2.50 bits per heavy atom. The van der Waals surface area contributed by atoms with Gasteiger partial charge in [0.25, 0.3) is 0 Å². The van der Waals surface area contributed by atoms with Crippen LogP contribution in [0.5, 0.6) is 5.75 Å². The zero-order valence-corrected chi connectivity index (χ0v) is 10.2. The van der Waals surface area contributed by atoms with E-state index in [1.165, 1.54) is 13.0 Å². The number of ether oxygens (including phenoxy) is 1. The summed E-state index contributed by atoms with van der Waals surface area (Å²) in [7, 11) is 0. The third-order valence-corrected chi connectivity index (χ3v) is 3.10. The minimum atomic E-state index is -4.32. The highest BCUT2D eigenvalue weighted by Gasteiger charge is 2.32. The molecule has 0 spiro atoms. The predicted molar refractivity (Wildman–Crippen MR) is 62.7 cm³/mol. The van der Waals surface area contributed by atoms with Crippen molar-refractivity contribution in [1.82, 2.24) is 5.32 Å². The maximum absolute atomic E-state index is 12.7. The van der Waals surface area contributed by atoms with E-state index in [-0.39, 0.29) is 11.7 Å². The quantitative estimate of drug-likeness (QED) is 0.881. The summed E-state index contributed by atoms with van der Waals surface area (Å²) in [6.07, 6.45) is -2.66. The van der Waals surface area contributed by atoms with E-state index in [0.29, 0.717) is 5.75 Å². The van der Waals surface area contributed by atoms with Crippen LogP contribution in [0, 0.1) is 6.92 Å². The number of aryl methyl sites for hydroxylation is 1. The van der Waals surface area contributed by atoms with Gasteiger partial charge in [0.1, 0.15) is 11.9 Å². The van der Waals surface area contributed by atoms with E-state index in [2.05, 4.69) is 5.32 Å². The van der Waals surface area contributed by atoms with Gasteiger partial charge in [-0.25, -0.2) is 0 Å². The topological polar surface area (TPSA) is 21.3 Å². The second kappa shape index (κ2) is 5.18. The van der Waals surface area contributed by atoms with E-state index >= 15 is 0 Å². The van der Waals surface area contributed by atoms with E-state index < -0.39 is 11.7 Å². The predicted octanol–water partition coefficient (Wildman–Crippen LogP) is 3.14. The van der Waals surface area contributed by atoms with Crippen LogP contribution in [0.3, 0.4) is 0 Å². The van der Waals surface area contributed by atoms with E-state index in [0.717, 1.165) is 32.0 Å². The molecule has 1 aromatic carbocycles. The molecule has 0 radical (unpaired) electrons. The van der Waals surface area contributed by atoms with Gasteiger partial charge in [-0.05, 0) is 50.6 Å². The summed E-state index contributed by atoms with van der Waals surface area (Å²) < 4.78 is 43.8. The lowest BCUT2D eigenvalue weighted by Gasteiger charge is -2.24. The molecule has 1 saturated heterocycles. The van der Waals surface area contributed by atoms with Crippen LogP contribution < -0.4 is 10.1 Å². The Bertz CT molecular complexity index is 411. The maximum Gasteiger partial charge on any atom is 0.416 e. The molecule has 0 unspecified atom stereocenters. The van der Waals surface area contributed by atoms with Crippen molar-refractivity contribution in [2.75, 3.05) is 13.1 Å². The van der Waals surface area contributed by atoms with E-state index in [4.69, 9.17) is 4.74 Å². The maximum atomic E-state index is 12.7. The van der Waals surface area contributed by atoms with Crippen LogP contribution in [-0.4, -0.2) is 19.2 Å². The number of alkyl halides is 3. The first-order valence-corrected chi connectivity index (χ1v) is 6.02. The van der Waals surface area contributed by atoms with Gasteiger partial charge in [0.05, 0.1) is 5.56 Å². The van der Waals surface area contributed by atoms with Crippen molar-refractivity contribution in [3.05, 3.63) is 29.3 Å². The van der Waals surface area contributed by atoms with Gasteiger partial charge in [-0.15, -0.1) is 0 Å². The molecule has 1 aliphatic rings. The number of benzene rings is 1. The van der Waals surface area contributed by atoms with Crippen LogP contribution in [0.4, 0.5) is 13.2 Å². The van der Waals surface area contributed by atoms with Crippen molar-refractivity contribution in [1.29, 1.82) is 0 Å². The Kier molecular flexibility index (Phi) is 3.80. The Hall–Kier alpha value is -1.23. The van der Waals surface area contributed by atoms with Gasteiger partial charge < -0.3 is 10.1 Å². The first-order chi connectivity index (χ1) is 8.47. The molecule has 0 amide bonds. The highest BCUT2D eigenvalue weighted by atomic mass is 19.4. The van der Waals surface area contributed by atoms with Crippen molar-refractivity contribution >= 4 is 0 Å². The average Bonchev–Trinajstić information content (AvgIpc) is 2.31. The lowest BCUT2D eigenvalue weighted by molar-refractivity contribution is -0.138. The van der Waals surface area contributed by atoms with Gasteiger partial charge in [-0.1, -0.05) is 6.07 Å². The second-order valence-corrected chi connectivity index (χ2v) is 4.54. The van der Waals surface area contributed by atoms with Crippen molar-refractivity contribution in [3.8, 4) is 5.75 Å². The third-order valence-electron chi connectivity index (χ3n) is 3.10. The van der Waals surface area contributed by atoms with E-state index in [9.17, 15) is 13.2 Å². The summed E-state index contributed by atoms with van der Waals surface area (Å²) in [5.41, 5.74) is -0.394. The lowest BCUT2D eigenvalue weighted by atomic mass is 10.1. The summed E-state index contributed by atoms with van der Waals surface area (Å²) in [6, 6.07) is 4.16. The van der Waals surface area contributed by atoms with Gasteiger partial charge in [-0.3, -0.25) is 0 Å². The Balaban J connectivity index is 2.14. The molecule has 18 heavy (non-hydrogen) atoms. The molecular weight excluding hydrogens is 243 g/mol. The molecule has 1 aliphatic heterocycles. The van der Waals surface area contributed by atoms with Gasteiger partial charge in [0, 0.05) is 0 Å². The summed E-state index contributed by atoms with van der Waals surface area (Å²) in [4.78, 5) is 0. The fraction of sp³-hybridized carbons (Fsp3) is 0.538. The molecule has 0 atom stereocenters. The molecule has 0 bridgehead atoms. The molecule has 0 aromatic heterocycles. The smallest absolute Gasteiger partial charge is 0.416 e. The Morgan fingerprint density at radius 2 is 1.89 bits per heavy atom. The summed E-state index contributed by atoms with van der Waals surface area (Å²) >= 11 is 0. The normalized spacial score (nSPS) is 17.8. The third kappa shape index (κ3) is 3.16. The number of hydrogen-bond acceptors (Lipinski definition) is 2. The highest BCUT2D eigenvalue weighted by Crippen LogP contribution is 2.34. The van der Waals surface area contributed by atoms with Crippen LogP contribution in [-0.2, 0) is 6.18 Å². The van der Waals surface area contributed by atoms with Crippen molar-refractivity contribution in [2.45, 2.75) is 32.0 Å². The zero-order chi connectivity index (χ0) is 13.2. The number of hydrogen-bond donors (Lipinski definition) is 1. The van der Waals surface area contributed by atoms with E-state index in [1.54, 1.807) is 6.07 Å². The van der Waals surface area contributed by atoms with Crippen molar-refractivity contribution < 1.29 is 17.9 Å². The summed E-state index contributed by atoms with van der Waals surface area (Å²) in [5.74, 6) is 0.305. The summed E-state index contributed by atoms with van der Waals surface area (Å²) in [6.45, 7) is 3.16. The molecule has 0 saturated carbocycles. The molecule has 1 N–H and O–H groups in total. The zero-order valence-electron chi connectivity index (χ0n) is 10.2. The molecule has 1 aromatic rings. The van der Waals surface area contributed by atoms with Crippen LogP contribution in [0.2, 0.25) is 0 Å². The minimum absolute atomic E-state index is 0.00930. The SMILES string of the molecule is Cc1ccc(OC2CCNCC2)cc1C(F)(F)F. The van der Waals surface area contributed by atoms with Crippen LogP contribution in [0.15, 0.2) is 18.2 Å². The largest absolute Gasteiger partial charge is 0.490 e. The second-order valence-electron chi connectivity index (χ2n) is 4.54. The molecule has 0 aliphatic carbocycles. The van der Waals surface area contributed by atoms with Crippen molar-refractivity contribution in [2.24, 2.45) is 0 Å². The monoisotopic (exact) mass is 259 g/mol. The molecule has 2 rings (SSSR count). The van der Waals surface area contributed by atoms with Gasteiger partial charge in [-0.2, -0.15) is 13.2 Å². The Morgan fingerprint density at radius 1 is 1.22 bits per heavy atom. The summed E-state index contributed by atoms with van der Waals surface area (Å²) in [5, 5.41) is 3.19. The minimum Gasteiger partial charge on any atom is -0.490 e. The average molecular weight is 259 g/mol. The van der Waals surface area contributed by atoms with Crippen molar-refractivity contribution in [3.63, 3.8) is 0 Å². The number of piperidine rings is 1. The standard InChI is InChI=1S/C13H16F3NO/c1-9-2-3-11(8-12(9)13(14,15)16)18-10-4-6-17-7-5-10/h2-3,8,10,17H,4-7H2,1H3. The Labute approximate surface area is 104 Å². The van der Waals surface area contributed by atoms with E-state index in [1.807, 2.05) is 0 Å². The molecule has 5 heteroatoms. The molecule has 2 nitrogen and oxygen atoms in total. The van der Waals surface area contributed by atoms with Crippen LogP contribution in [0.25, 0.3) is 0 Å². The van der Waals surface area contributed by atoms with Gasteiger partial charge >= 0.3 is 6.18 Å². The van der Waals surface area contributed by atoms with Crippen LogP contribution >= 0.6 is 0 Å². The fourth-order valence-corrected chi connectivity index (χ4v) is 2.09. The lowest BCUT2D eigenvalue weighted by Crippen LogP contribution is -2.34. The van der Waals surface area contributed by atoms with Crippen LogP contribution in [0.1, 0.15) is 24.0 Å². The molecule has 1 heterocycles. The highest BCUT2D eigenvalue weighted by molar-refractivity contribution is 5.36. The first kappa shape index (κ1) is 13.2. The first-order valence-electron chi connectivity index (χ1n) is 6.02. The number of halogens is 3. The number of nitrogens with one attached hydrogen (secondary N) is 1. The number of rotatable bonds is 2. The van der Waals surface area contributed by atoms with Gasteiger partial charge in [0.15, 0.2) is 0 Å². The fourth-order valence-electron chi connectivity index (χ4n) is 2.09. The van der Waals surface area contributed by atoms with Gasteiger partial charge in [0.2, 0.25) is 0 Å².